The molecule has 6 rings (SSSR count). The molecular weight excluding hydrogens is 526 g/mol. The molecule has 3 aromatic heterocycles. The number of fused-ring (bicyclic) bond motifs is 1. The number of methoxy groups -OCH3 is 1. The van der Waals surface area contributed by atoms with Crippen molar-refractivity contribution in [3.8, 4) is 28.3 Å². The molecule has 1 aliphatic rings. The van der Waals surface area contributed by atoms with Gasteiger partial charge in [0.2, 0.25) is 5.91 Å². The van der Waals surface area contributed by atoms with Gasteiger partial charge in [-0.2, -0.15) is 0 Å². The lowest BCUT2D eigenvalue weighted by Gasteiger charge is -2.32. The minimum absolute atomic E-state index is 0.115. The van der Waals surface area contributed by atoms with E-state index in [0.29, 0.717) is 11.6 Å². The fourth-order valence-corrected chi connectivity index (χ4v) is 5.38. The van der Waals surface area contributed by atoms with E-state index in [1.807, 2.05) is 42.5 Å². The number of pyridine rings is 2. The number of ether oxygens (including phenoxy) is 1. The molecule has 212 valence electrons. The van der Waals surface area contributed by atoms with Gasteiger partial charge in [-0.3, -0.25) is 14.3 Å². The van der Waals surface area contributed by atoms with Crippen LogP contribution in [0.25, 0.3) is 39.5 Å². The normalized spacial score (nSPS) is 14.4. The first kappa shape index (κ1) is 27.2. The minimum Gasteiger partial charge on any atom is -0.504 e. The first-order chi connectivity index (χ1) is 20.6. The van der Waals surface area contributed by atoms with Crippen LogP contribution in [0.15, 0.2) is 97.4 Å². The summed E-state index contributed by atoms with van der Waals surface area (Å²) >= 11 is 0. The molecule has 1 amide bonds. The zero-order valence-electron chi connectivity index (χ0n) is 23.5. The number of benzene rings is 2. The van der Waals surface area contributed by atoms with Gasteiger partial charge in [0.25, 0.3) is 0 Å². The lowest BCUT2D eigenvalue weighted by Crippen LogP contribution is -2.43. The second-order valence-corrected chi connectivity index (χ2v) is 10.4. The molecule has 9 nitrogen and oxygen atoms in total. The molecule has 1 saturated heterocycles. The molecule has 1 fully saturated rings. The number of nitrogens with one attached hydrogen (secondary N) is 1. The third-order valence-electron chi connectivity index (χ3n) is 7.54. The van der Waals surface area contributed by atoms with Gasteiger partial charge in [-0.15, -0.1) is 0 Å². The van der Waals surface area contributed by atoms with Gasteiger partial charge in [0, 0.05) is 49.2 Å². The molecule has 0 radical (unpaired) electrons. The van der Waals surface area contributed by atoms with E-state index >= 15 is 0 Å². The number of hydrogen-bond acceptors (Lipinski definition) is 7. The largest absolute Gasteiger partial charge is 0.504 e. The third-order valence-corrected chi connectivity index (χ3v) is 7.54. The van der Waals surface area contributed by atoms with Crippen molar-refractivity contribution in [3.05, 3.63) is 103 Å². The summed E-state index contributed by atoms with van der Waals surface area (Å²) in [6, 6.07) is 26.6. The van der Waals surface area contributed by atoms with E-state index in [-0.39, 0.29) is 11.9 Å². The Balaban J connectivity index is 1.26. The number of piperidine rings is 1. The second kappa shape index (κ2) is 12.2. The molecule has 0 unspecified atom stereocenters. The fraction of sp³-hybridized carbons (Fsp3) is 0.212. The van der Waals surface area contributed by atoms with Crippen molar-refractivity contribution < 1.29 is 9.53 Å². The number of likely N-dealkylation sites (tertiary alicyclic amines) is 1. The van der Waals surface area contributed by atoms with Crippen LogP contribution in [0, 0.1) is 0 Å². The fourth-order valence-electron chi connectivity index (χ4n) is 5.38. The number of aromatic nitrogens is 4. The van der Waals surface area contributed by atoms with Crippen LogP contribution in [0.5, 0.6) is 0 Å². The maximum absolute atomic E-state index is 12.0. The van der Waals surface area contributed by atoms with E-state index < -0.39 is 0 Å². The molecule has 42 heavy (non-hydrogen) atoms. The summed E-state index contributed by atoms with van der Waals surface area (Å²) in [5, 5.41) is 3.05. The van der Waals surface area contributed by atoms with Gasteiger partial charge < -0.3 is 15.8 Å². The number of rotatable bonds is 8. The van der Waals surface area contributed by atoms with Crippen molar-refractivity contribution in [1.29, 1.82) is 0 Å². The highest BCUT2D eigenvalue weighted by Crippen LogP contribution is 2.32. The van der Waals surface area contributed by atoms with Gasteiger partial charge in [0.15, 0.2) is 11.5 Å². The van der Waals surface area contributed by atoms with E-state index in [2.05, 4.69) is 56.2 Å². The zero-order valence-corrected chi connectivity index (χ0v) is 23.5. The van der Waals surface area contributed by atoms with Crippen LogP contribution in [-0.4, -0.2) is 56.6 Å². The van der Waals surface area contributed by atoms with Crippen molar-refractivity contribution in [2.24, 2.45) is 0 Å². The summed E-state index contributed by atoms with van der Waals surface area (Å²) in [6.45, 7) is 2.68. The van der Waals surface area contributed by atoms with Crippen molar-refractivity contribution >= 4 is 22.9 Å². The molecule has 5 aromatic rings. The monoisotopic (exact) mass is 559 g/mol. The lowest BCUT2D eigenvalue weighted by molar-refractivity contribution is -0.117. The summed E-state index contributed by atoms with van der Waals surface area (Å²) in [4.78, 5) is 28.7. The van der Waals surface area contributed by atoms with Crippen LogP contribution >= 0.6 is 0 Å². The number of carbonyl (C=O) groups excluding carboxylic acids is 1. The van der Waals surface area contributed by atoms with Crippen molar-refractivity contribution in [3.63, 3.8) is 0 Å². The molecule has 1 aliphatic heterocycles. The Hall–Kier alpha value is -5.02. The Labute approximate surface area is 244 Å². The van der Waals surface area contributed by atoms with Crippen molar-refractivity contribution in [1.82, 2.24) is 29.7 Å². The molecular formula is C33H33N7O2. The van der Waals surface area contributed by atoms with Gasteiger partial charge in [-0.1, -0.05) is 42.5 Å². The lowest BCUT2D eigenvalue weighted by atomic mass is 10.0. The molecule has 0 saturated carbocycles. The molecule has 4 heterocycles. The number of nitrogen functional groups attached to an aromatic ring is 1. The van der Waals surface area contributed by atoms with Gasteiger partial charge in [-0.25, -0.2) is 15.0 Å². The average Bonchev–Trinajstić information content (AvgIpc) is 3.40. The topological polar surface area (TPSA) is 111 Å². The number of amides is 1. The molecule has 2 aromatic carbocycles. The Bertz CT molecular complexity index is 1710. The molecule has 3 N–H and O–H groups in total. The van der Waals surface area contributed by atoms with Crippen molar-refractivity contribution in [2.75, 3.05) is 25.9 Å². The van der Waals surface area contributed by atoms with Gasteiger partial charge in [-0.05, 0) is 54.8 Å². The van der Waals surface area contributed by atoms with Gasteiger partial charge in [0.05, 0.1) is 24.6 Å². The number of carbonyl (C=O) groups is 1. The van der Waals surface area contributed by atoms with Gasteiger partial charge >= 0.3 is 0 Å². The van der Waals surface area contributed by atoms with E-state index in [9.17, 15) is 4.79 Å². The molecule has 0 atom stereocenters. The van der Waals surface area contributed by atoms with E-state index in [0.717, 1.165) is 66.1 Å². The van der Waals surface area contributed by atoms with Crippen LogP contribution in [0.4, 0.5) is 5.82 Å². The SMILES string of the molecule is CO/C=C/C(=O)NC1CCN(Cc2ccc(-n3c(-c4cccnc4N)nc4ccc(-c5ccccc5)nc43)cc2)CC1. The van der Waals surface area contributed by atoms with Crippen LogP contribution in [0.1, 0.15) is 18.4 Å². The van der Waals surface area contributed by atoms with Crippen LogP contribution < -0.4 is 11.1 Å². The first-order valence-corrected chi connectivity index (χ1v) is 14.1. The molecule has 0 bridgehead atoms. The van der Waals surface area contributed by atoms with Gasteiger partial charge in [0.1, 0.15) is 11.3 Å². The number of imidazole rings is 1. The minimum atomic E-state index is -0.115. The Morgan fingerprint density at radius 3 is 2.52 bits per heavy atom. The zero-order chi connectivity index (χ0) is 28.9. The van der Waals surface area contributed by atoms with E-state index in [1.165, 1.54) is 25.0 Å². The number of hydrogen-bond donors (Lipinski definition) is 2. The number of nitrogens with two attached hydrogens (primary N) is 1. The first-order valence-electron chi connectivity index (χ1n) is 14.1. The summed E-state index contributed by atoms with van der Waals surface area (Å²) in [5.41, 5.74) is 12.7. The molecule has 0 aliphatic carbocycles. The maximum atomic E-state index is 12.0. The van der Waals surface area contributed by atoms with Crippen LogP contribution in [-0.2, 0) is 16.1 Å². The highest BCUT2D eigenvalue weighted by atomic mass is 16.5. The quantitative estimate of drug-likeness (QED) is 0.204. The third kappa shape index (κ3) is 5.87. The Kier molecular flexibility index (Phi) is 7.91. The standard InChI is InChI=1S/C33H33N7O2/c1-42-21-17-30(41)36-25-15-19-39(20-16-25)22-23-9-11-26(12-10-23)40-32(27-8-5-18-35-31(27)34)38-29-14-13-28(37-33(29)40)24-6-3-2-4-7-24/h2-14,17-18,21,25H,15-16,19-20,22H2,1H3,(H2,34,35)(H,36,41)/b21-17+. The second-order valence-electron chi connectivity index (χ2n) is 10.4. The molecule has 9 heteroatoms. The van der Waals surface area contributed by atoms with Crippen molar-refractivity contribution in [2.45, 2.75) is 25.4 Å². The predicted molar refractivity (Wildman–Crippen MR) is 165 cm³/mol. The predicted octanol–water partition coefficient (Wildman–Crippen LogP) is 4.97. The van der Waals surface area contributed by atoms with Crippen LogP contribution in [0.2, 0.25) is 0 Å². The van der Waals surface area contributed by atoms with E-state index in [4.69, 9.17) is 20.4 Å². The number of nitrogens with zero attached hydrogens (tertiary/aromatic N) is 5. The maximum Gasteiger partial charge on any atom is 0.247 e. The highest BCUT2D eigenvalue weighted by Gasteiger charge is 2.21. The smallest absolute Gasteiger partial charge is 0.247 e. The number of anilines is 1. The summed E-state index contributed by atoms with van der Waals surface area (Å²) in [6.07, 6.45) is 6.33. The Morgan fingerprint density at radius 2 is 1.79 bits per heavy atom. The summed E-state index contributed by atoms with van der Waals surface area (Å²) < 4.78 is 6.89. The van der Waals surface area contributed by atoms with E-state index in [1.54, 1.807) is 6.20 Å². The molecule has 0 spiro atoms. The van der Waals surface area contributed by atoms with Crippen LogP contribution in [0.3, 0.4) is 0 Å². The Morgan fingerprint density at radius 1 is 1.00 bits per heavy atom. The summed E-state index contributed by atoms with van der Waals surface area (Å²) in [5.74, 6) is 1.00. The summed E-state index contributed by atoms with van der Waals surface area (Å²) in [7, 11) is 1.53. The average molecular weight is 560 g/mol. The highest BCUT2D eigenvalue weighted by molar-refractivity contribution is 5.87.